The molecule has 26 heavy (non-hydrogen) atoms. The number of benzene rings is 1. The van der Waals surface area contributed by atoms with Gasteiger partial charge in [-0.3, -0.25) is 9.89 Å². The number of guanidine groups is 1. The molecular formula is C21H37IN4. The van der Waals surface area contributed by atoms with Crippen molar-refractivity contribution in [2.75, 3.05) is 26.2 Å². The Morgan fingerprint density at radius 2 is 1.81 bits per heavy atom. The minimum atomic E-state index is 0. The first-order chi connectivity index (χ1) is 12.0. The molecule has 1 aromatic rings. The Hall–Kier alpha value is -0.820. The fraction of sp³-hybridized carbons (Fsp3) is 0.667. The summed E-state index contributed by atoms with van der Waals surface area (Å²) in [5, 5.41) is 7.03. The van der Waals surface area contributed by atoms with E-state index in [2.05, 4.69) is 73.6 Å². The van der Waals surface area contributed by atoms with Crippen LogP contribution in [0.25, 0.3) is 0 Å². The lowest BCUT2D eigenvalue weighted by Crippen LogP contribution is -2.48. The molecule has 4 nitrogen and oxygen atoms in total. The number of nitrogens with one attached hydrogen (secondary N) is 2. The molecule has 0 aromatic heterocycles. The molecular weight excluding hydrogens is 435 g/mol. The van der Waals surface area contributed by atoms with E-state index in [1.165, 1.54) is 18.4 Å². The molecule has 0 saturated carbocycles. The number of hydrogen-bond donors (Lipinski definition) is 2. The normalized spacial score (nSPS) is 16.8. The van der Waals surface area contributed by atoms with E-state index in [9.17, 15) is 0 Å². The van der Waals surface area contributed by atoms with Crippen LogP contribution in [0.3, 0.4) is 0 Å². The van der Waals surface area contributed by atoms with Gasteiger partial charge in [0, 0.05) is 38.8 Å². The molecule has 2 N–H and O–H groups in total. The Bertz CT molecular complexity index is 517. The summed E-state index contributed by atoms with van der Waals surface area (Å²) in [6.45, 7) is 14.1. The molecule has 5 heteroatoms. The van der Waals surface area contributed by atoms with E-state index in [1.54, 1.807) is 0 Å². The highest BCUT2D eigenvalue weighted by Gasteiger charge is 2.20. The van der Waals surface area contributed by atoms with Gasteiger partial charge in [0.05, 0.1) is 0 Å². The van der Waals surface area contributed by atoms with Crippen LogP contribution in [0.15, 0.2) is 35.3 Å². The van der Waals surface area contributed by atoms with Gasteiger partial charge in [0.15, 0.2) is 5.96 Å². The van der Waals surface area contributed by atoms with Crippen molar-refractivity contribution in [3.8, 4) is 0 Å². The molecule has 0 bridgehead atoms. The van der Waals surface area contributed by atoms with E-state index in [-0.39, 0.29) is 24.0 Å². The fourth-order valence-corrected chi connectivity index (χ4v) is 3.09. The van der Waals surface area contributed by atoms with E-state index in [0.29, 0.717) is 11.5 Å². The second-order valence-electron chi connectivity index (χ2n) is 8.25. The summed E-state index contributed by atoms with van der Waals surface area (Å²) in [4.78, 5) is 7.31. The summed E-state index contributed by atoms with van der Waals surface area (Å²) in [6.07, 6.45) is 3.46. The quantitative estimate of drug-likeness (QED) is 0.369. The van der Waals surface area contributed by atoms with Crippen LogP contribution in [0.1, 0.15) is 52.5 Å². The van der Waals surface area contributed by atoms with Crippen molar-refractivity contribution in [3.63, 3.8) is 0 Å². The highest BCUT2D eigenvalue weighted by Crippen LogP contribution is 2.18. The van der Waals surface area contributed by atoms with Crippen LogP contribution < -0.4 is 10.6 Å². The van der Waals surface area contributed by atoms with Crippen molar-refractivity contribution < 1.29 is 0 Å². The second kappa shape index (κ2) is 11.8. The van der Waals surface area contributed by atoms with E-state index >= 15 is 0 Å². The van der Waals surface area contributed by atoms with E-state index in [4.69, 9.17) is 4.99 Å². The first-order valence-electron chi connectivity index (χ1n) is 9.77. The van der Waals surface area contributed by atoms with Gasteiger partial charge in [-0.25, -0.2) is 0 Å². The van der Waals surface area contributed by atoms with E-state index < -0.39 is 0 Å². The summed E-state index contributed by atoms with van der Waals surface area (Å²) in [5.74, 6) is 0.980. The molecule has 0 amide bonds. The number of halogens is 1. The van der Waals surface area contributed by atoms with E-state index in [0.717, 1.165) is 45.1 Å². The molecule has 2 rings (SSSR count). The van der Waals surface area contributed by atoms with Gasteiger partial charge in [-0.15, -0.1) is 24.0 Å². The van der Waals surface area contributed by atoms with Gasteiger partial charge in [0.25, 0.3) is 0 Å². The van der Waals surface area contributed by atoms with Crippen LogP contribution in [0.2, 0.25) is 0 Å². The first kappa shape index (κ1) is 23.2. The zero-order chi connectivity index (χ0) is 18.1. The lowest BCUT2D eigenvalue weighted by Gasteiger charge is -2.33. The Morgan fingerprint density at radius 3 is 2.38 bits per heavy atom. The van der Waals surface area contributed by atoms with E-state index in [1.807, 2.05) is 0 Å². The molecule has 1 fully saturated rings. The van der Waals surface area contributed by atoms with Crippen LogP contribution in [-0.2, 0) is 6.54 Å². The number of aliphatic imine (C=N–C) groups is 1. The monoisotopic (exact) mass is 472 g/mol. The average molecular weight is 472 g/mol. The van der Waals surface area contributed by atoms with Crippen molar-refractivity contribution >= 4 is 29.9 Å². The molecule has 1 saturated heterocycles. The largest absolute Gasteiger partial charge is 0.357 e. The summed E-state index contributed by atoms with van der Waals surface area (Å²) in [6, 6.07) is 11.3. The molecule has 148 valence electrons. The van der Waals surface area contributed by atoms with Gasteiger partial charge in [-0.05, 0) is 37.2 Å². The maximum absolute atomic E-state index is 4.76. The topological polar surface area (TPSA) is 39.7 Å². The van der Waals surface area contributed by atoms with Crippen molar-refractivity contribution in [1.29, 1.82) is 0 Å². The van der Waals surface area contributed by atoms with Crippen molar-refractivity contribution in [1.82, 2.24) is 15.5 Å². The van der Waals surface area contributed by atoms with Crippen LogP contribution in [-0.4, -0.2) is 43.1 Å². The molecule has 0 radical (unpaired) electrons. The summed E-state index contributed by atoms with van der Waals surface area (Å²) in [7, 11) is 0. The first-order valence-corrected chi connectivity index (χ1v) is 9.77. The Morgan fingerprint density at radius 1 is 1.15 bits per heavy atom. The SMILES string of the molecule is CCNC(=NCCC(C)(C)C)NC1CCN(Cc2ccccc2)CC1.I. The van der Waals surface area contributed by atoms with Gasteiger partial charge in [0.2, 0.25) is 0 Å². The van der Waals surface area contributed by atoms with Crippen LogP contribution in [0.4, 0.5) is 0 Å². The number of hydrogen-bond acceptors (Lipinski definition) is 2. The Balaban J connectivity index is 0.00000338. The molecule has 1 aliphatic heterocycles. The smallest absolute Gasteiger partial charge is 0.191 e. The molecule has 0 aliphatic carbocycles. The predicted molar refractivity (Wildman–Crippen MR) is 123 cm³/mol. The minimum absolute atomic E-state index is 0. The van der Waals surface area contributed by atoms with Crippen LogP contribution in [0, 0.1) is 5.41 Å². The van der Waals surface area contributed by atoms with Crippen molar-refractivity contribution in [3.05, 3.63) is 35.9 Å². The maximum atomic E-state index is 4.76. The van der Waals surface area contributed by atoms with Gasteiger partial charge < -0.3 is 10.6 Å². The molecule has 1 aromatic carbocycles. The van der Waals surface area contributed by atoms with Crippen LogP contribution >= 0.6 is 24.0 Å². The Kier molecular flexibility index (Phi) is 10.5. The molecule has 0 spiro atoms. The summed E-state index contributed by atoms with van der Waals surface area (Å²) in [5.41, 5.74) is 1.75. The predicted octanol–water partition coefficient (Wildman–Crippen LogP) is 4.26. The zero-order valence-electron chi connectivity index (χ0n) is 16.9. The third kappa shape index (κ3) is 9.21. The van der Waals surface area contributed by atoms with Crippen molar-refractivity contribution in [2.24, 2.45) is 10.4 Å². The summed E-state index contributed by atoms with van der Waals surface area (Å²) < 4.78 is 0. The standard InChI is InChI=1S/C21H36N4.HI/c1-5-22-20(23-14-13-21(2,3)4)24-19-11-15-25(16-12-19)17-18-9-7-6-8-10-18;/h6-10,19H,5,11-17H2,1-4H3,(H2,22,23,24);1H. The lowest BCUT2D eigenvalue weighted by molar-refractivity contribution is 0.198. The van der Waals surface area contributed by atoms with Gasteiger partial charge in [-0.1, -0.05) is 51.1 Å². The van der Waals surface area contributed by atoms with Crippen molar-refractivity contribution in [2.45, 2.75) is 59.5 Å². The molecule has 1 aliphatic rings. The van der Waals surface area contributed by atoms with Crippen LogP contribution in [0.5, 0.6) is 0 Å². The van der Waals surface area contributed by atoms with Gasteiger partial charge in [-0.2, -0.15) is 0 Å². The highest BCUT2D eigenvalue weighted by molar-refractivity contribution is 14.0. The van der Waals surface area contributed by atoms with Gasteiger partial charge >= 0.3 is 0 Å². The maximum Gasteiger partial charge on any atom is 0.191 e. The Labute approximate surface area is 177 Å². The third-order valence-electron chi connectivity index (χ3n) is 4.65. The number of likely N-dealkylation sites (tertiary alicyclic amines) is 1. The molecule has 1 heterocycles. The number of rotatable bonds is 6. The number of nitrogens with zero attached hydrogens (tertiary/aromatic N) is 2. The highest BCUT2D eigenvalue weighted by atomic mass is 127. The van der Waals surface area contributed by atoms with Gasteiger partial charge in [0.1, 0.15) is 0 Å². The zero-order valence-corrected chi connectivity index (χ0v) is 19.3. The third-order valence-corrected chi connectivity index (χ3v) is 4.65. The molecule has 0 unspecified atom stereocenters. The lowest BCUT2D eigenvalue weighted by atomic mass is 9.92. The fourth-order valence-electron chi connectivity index (χ4n) is 3.09. The minimum Gasteiger partial charge on any atom is -0.357 e. The summed E-state index contributed by atoms with van der Waals surface area (Å²) >= 11 is 0. The molecule has 0 atom stereocenters. The number of piperidine rings is 1. The average Bonchev–Trinajstić information content (AvgIpc) is 2.56. The second-order valence-corrected chi connectivity index (χ2v) is 8.25.